The zero-order chi connectivity index (χ0) is 14.8. The number of halogens is 3. The van der Waals surface area contributed by atoms with E-state index in [1.165, 1.54) is 7.11 Å². The van der Waals surface area contributed by atoms with E-state index in [-0.39, 0.29) is 17.7 Å². The average molecular weight is 288 g/mol. The van der Waals surface area contributed by atoms with Crippen molar-refractivity contribution >= 4 is 11.8 Å². The lowest BCUT2D eigenvalue weighted by Gasteiger charge is -2.32. The van der Waals surface area contributed by atoms with Crippen LogP contribution in [0.4, 0.5) is 19.0 Å². The average Bonchev–Trinajstić information content (AvgIpc) is 2.46. The van der Waals surface area contributed by atoms with Gasteiger partial charge in [0.05, 0.1) is 18.6 Å². The van der Waals surface area contributed by atoms with Crippen molar-refractivity contribution in [1.82, 2.24) is 4.98 Å². The number of hydrogen-bond donors (Lipinski definition) is 0. The van der Waals surface area contributed by atoms with Crippen molar-refractivity contribution in [2.45, 2.75) is 19.0 Å². The molecule has 0 saturated carbocycles. The van der Waals surface area contributed by atoms with E-state index in [9.17, 15) is 18.0 Å². The summed E-state index contributed by atoms with van der Waals surface area (Å²) in [6.45, 7) is 0.919. The molecule has 0 aromatic carbocycles. The minimum absolute atomic E-state index is 0.244. The van der Waals surface area contributed by atoms with Crippen LogP contribution in [0.1, 0.15) is 18.4 Å². The summed E-state index contributed by atoms with van der Waals surface area (Å²) >= 11 is 0. The van der Waals surface area contributed by atoms with Gasteiger partial charge in [0.1, 0.15) is 5.82 Å². The summed E-state index contributed by atoms with van der Waals surface area (Å²) in [5, 5.41) is 0. The van der Waals surface area contributed by atoms with E-state index in [0.717, 1.165) is 24.8 Å². The lowest BCUT2D eigenvalue weighted by Crippen LogP contribution is -2.39. The van der Waals surface area contributed by atoms with E-state index in [2.05, 4.69) is 9.72 Å². The summed E-state index contributed by atoms with van der Waals surface area (Å²) in [7, 11) is 1.31. The fourth-order valence-corrected chi connectivity index (χ4v) is 2.31. The van der Waals surface area contributed by atoms with Gasteiger partial charge in [0, 0.05) is 19.3 Å². The number of carbonyl (C=O) groups is 1. The standard InChI is InChI=1S/C13H15F3N2O2/c1-20-12(19)9-3-2-6-18(8-9)11-7-10(4-5-17-11)13(14,15)16/h4-5,7,9H,2-3,6,8H2,1H3. The largest absolute Gasteiger partial charge is 0.469 e. The summed E-state index contributed by atoms with van der Waals surface area (Å²) < 4.78 is 42.7. The third kappa shape index (κ3) is 3.20. The molecular formula is C13H15F3N2O2. The second-order valence-electron chi connectivity index (χ2n) is 4.71. The Morgan fingerprint density at radius 2 is 2.25 bits per heavy atom. The topological polar surface area (TPSA) is 42.4 Å². The fourth-order valence-electron chi connectivity index (χ4n) is 2.31. The molecule has 1 atom stereocenters. The molecule has 0 aliphatic carbocycles. The van der Waals surface area contributed by atoms with Crippen molar-refractivity contribution in [2.24, 2.45) is 5.92 Å². The van der Waals surface area contributed by atoms with E-state index in [0.29, 0.717) is 19.5 Å². The minimum Gasteiger partial charge on any atom is -0.469 e. The predicted molar refractivity (Wildman–Crippen MR) is 66.2 cm³/mol. The molecule has 1 aliphatic heterocycles. The molecule has 4 nitrogen and oxygen atoms in total. The molecule has 2 heterocycles. The molecule has 1 aromatic rings. The van der Waals surface area contributed by atoms with Crippen molar-refractivity contribution in [3.63, 3.8) is 0 Å². The Morgan fingerprint density at radius 3 is 2.90 bits per heavy atom. The van der Waals surface area contributed by atoms with Crippen LogP contribution in [-0.4, -0.2) is 31.2 Å². The Hall–Kier alpha value is -1.79. The van der Waals surface area contributed by atoms with Crippen LogP contribution < -0.4 is 4.90 Å². The highest BCUT2D eigenvalue weighted by Gasteiger charge is 2.32. The van der Waals surface area contributed by atoms with Gasteiger partial charge in [-0.15, -0.1) is 0 Å². The number of methoxy groups -OCH3 is 1. The van der Waals surface area contributed by atoms with Gasteiger partial charge in [-0.05, 0) is 25.0 Å². The first-order chi connectivity index (χ1) is 9.41. The number of pyridine rings is 1. The highest BCUT2D eigenvalue weighted by molar-refractivity contribution is 5.73. The number of aromatic nitrogens is 1. The summed E-state index contributed by atoms with van der Waals surface area (Å²) in [5.74, 6) is -0.403. The molecular weight excluding hydrogens is 273 g/mol. The van der Waals surface area contributed by atoms with E-state index >= 15 is 0 Å². The summed E-state index contributed by atoms with van der Waals surface area (Å²) in [6, 6.07) is 1.95. The van der Waals surface area contributed by atoms with Gasteiger partial charge in [0.15, 0.2) is 0 Å². The van der Waals surface area contributed by atoms with Crippen LogP contribution in [0, 0.1) is 5.92 Å². The molecule has 0 bridgehead atoms. The van der Waals surface area contributed by atoms with E-state index in [1.807, 2.05) is 0 Å². The van der Waals surface area contributed by atoms with Gasteiger partial charge < -0.3 is 9.64 Å². The number of ether oxygens (including phenoxy) is 1. The molecule has 0 N–H and O–H groups in total. The van der Waals surface area contributed by atoms with Gasteiger partial charge in [-0.1, -0.05) is 0 Å². The van der Waals surface area contributed by atoms with Gasteiger partial charge >= 0.3 is 12.1 Å². The maximum absolute atomic E-state index is 12.7. The Kier molecular flexibility index (Phi) is 4.15. The molecule has 110 valence electrons. The fraction of sp³-hybridized carbons (Fsp3) is 0.538. The molecule has 7 heteroatoms. The van der Waals surface area contributed by atoms with Crippen LogP contribution >= 0.6 is 0 Å². The van der Waals surface area contributed by atoms with Crippen LogP contribution in [0.15, 0.2) is 18.3 Å². The summed E-state index contributed by atoms with van der Waals surface area (Å²) in [5.41, 5.74) is -0.734. The second kappa shape index (κ2) is 5.68. The van der Waals surface area contributed by atoms with Crippen molar-refractivity contribution in [3.05, 3.63) is 23.9 Å². The van der Waals surface area contributed by atoms with E-state index < -0.39 is 11.7 Å². The molecule has 1 aromatic heterocycles. The number of piperidine rings is 1. The second-order valence-corrected chi connectivity index (χ2v) is 4.71. The van der Waals surface area contributed by atoms with Crippen molar-refractivity contribution < 1.29 is 22.7 Å². The van der Waals surface area contributed by atoms with Crippen molar-refractivity contribution in [1.29, 1.82) is 0 Å². The smallest absolute Gasteiger partial charge is 0.416 e. The predicted octanol–water partition coefficient (Wildman–Crippen LogP) is 2.49. The lowest BCUT2D eigenvalue weighted by atomic mass is 9.98. The van der Waals surface area contributed by atoms with Crippen LogP contribution in [-0.2, 0) is 15.7 Å². The first-order valence-electron chi connectivity index (χ1n) is 6.28. The van der Waals surface area contributed by atoms with Gasteiger partial charge in [-0.3, -0.25) is 4.79 Å². The molecule has 0 spiro atoms. The quantitative estimate of drug-likeness (QED) is 0.784. The number of rotatable bonds is 2. The summed E-state index contributed by atoms with van der Waals surface area (Å²) in [4.78, 5) is 17.2. The molecule has 1 fully saturated rings. The van der Waals surface area contributed by atoms with Crippen molar-refractivity contribution in [3.8, 4) is 0 Å². The molecule has 2 rings (SSSR count). The minimum atomic E-state index is -4.39. The third-order valence-electron chi connectivity index (χ3n) is 3.35. The highest BCUT2D eigenvalue weighted by Crippen LogP contribution is 2.31. The zero-order valence-electron chi connectivity index (χ0n) is 11.0. The van der Waals surface area contributed by atoms with Crippen molar-refractivity contribution in [2.75, 3.05) is 25.1 Å². The number of anilines is 1. The van der Waals surface area contributed by atoms with Crippen LogP contribution in [0.2, 0.25) is 0 Å². The molecule has 1 aliphatic rings. The Morgan fingerprint density at radius 1 is 1.50 bits per heavy atom. The summed E-state index contributed by atoms with van der Waals surface area (Å²) in [6.07, 6.45) is -1.85. The first-order valence-corrected chi connectivity index (χ1v) is 6.28. The normalized spacial score (nSPS) is 19.8. The van der Waals surface area contributed by atoms with E-state index in [4.69, 9.17) is 0 Å². The molecule has 1 saturated heterocycles. The number of hydrogen-bond acceptors (Lipinski definition) is 4. The number of nitrogens with zero attached hydrogens (tertiary/aromatic N) is 2. The monoisotopic (exact) mass is 288 g/mol. The number of carbonyl (C=O) groups excluding carboxylic acids is 1. The molecule has 0 amide bonds. The van der Waals surface area contributed by atoms with E-state index in [1.54, 1.807) is 4.90 Å². The van der Waals surface area contributed by atoms with Gasteiger partial charge in [-0.2, -0.15) is 13.2 Å². The number of esters is 1. The maximum atomic E-state index is 12.7. The van der Waals surface area contributed by atoms with Crippen LogP contribution in [0.5, 0.6) is 0 Å². The van der Waals surface area contributed by atoms with Crippen LogP contribution in [0.25, 0.3) is 0 Å². The highest BCUT2D eigenvalue weighted by atomic mass is 19.4. The Labute approximate surface area is 114 Å². The SMILES string of the molecule is COC(=O)C1CCCN(c2cc(C(F)(F)F)ccn2)C1. The van der Waals surface area contributed by atoms with Crippen LogP contribution in [0.3, 0.4) is 0 Å². The van der Waals surface area contributed by atoms with Gasteiger partial charge in [0.25, 0.3) is 0 Å². The maximum Gasteiger partial charge on any atom is 0.416 e. The third-order valence-corrected chi connectivity index (χ3v) is 3.35. The first kappa shape index (κ1) is 14.6. The Balaban J connectivity index is 2.17. The molecule has 1 unspecified atom stereocenters. The molecule has 20 heavy (non-hydrogen) atoms. The number of alkyl halides is 3. The Bertz CT molecular complexity index is 491. The van der Waals surface area contributed by atoms with Gasteiger partial charge in [-0.25, -0.2) is 4.98 Å². The molecule has 0 radical (unpaired) electrons. The van der Waals surface area contributed by atoms with Gasteiger partial charge in [0.2, 0.25) is 0 Å². The zero-order valence-corrected chi connectivity index (χ0v) is 11.0. The lowest BCUT2D eigenvalue weighted by molar-refractivity contribution is -0.145.